The van der Waals surface area contributed by atoms with Crippen LogP contribution in [0.4, 0.5) is 4.39 Å². The van der Waals surface area contributed by atoms with E-state index in [-0.39, 0.29) is 15.5 Å². The summed E-state index contributed by atoms with van der Waals surface area (Å²) in [6, 6.07) is 10.0. The fourth-order valence-corrected chi connectivity index (χ4v) is 10.5. The van der Waals surface area contributed by atoms with Gasteiger partial charge in [-0.15, -0.1) is 11.3 Å². The van der Waals surface area contributed by atoms with Gasteiger partial charge in [-0.2, -0.15) is 5.26 Å². The standard InChI is InChI=1S/C29H38FN5O6PS2/c1-22-26-18-24(40-17-3-10-35-14-11-34(12-15-35,13-16-35)9-2-8-31)6-7-28(26)43-29(22)44(38,39)33-21-42(36,37)41-25-5-4-23(20-32)27(30)19-25/h4-7,18-19,33H,2-3,8-17,21,31H2,1H3/q+1. The Labute approximate surface area is 261 Å². The van der Waals surface area contributed by atoms with Crippen LogP contribution < -0.4 is 24.6 Å². The summed E-state index contributed by atoms with van der Waals surface area (Å²) in [6.07, 6.45) is 0.985. The second kappa shape index (κ2) is 13.0. The second-order valence-electron chi connectivity index (χ2n) is 11.8. The molecule has 15 heteroatoms. The summed E-state index contributed by atoms with van der Waals surface area (Å²) in [7, 11) is -8.99. The van der Waals surface area contributed by atoms with Gasteiger partial charge in [0.05, 0.1) is 31.5 Å². The van der Waals surface area contributed by atoms with Crippen LogP contribution in [0.1, 0.15) is 24.0 Å². The Kier molecular flexibility index (Phi) is 9.70. The lowest BCUT2D eigenvalue weighted by molar-refractivity contribution is -1.08. The smallest absolute Gasteiger partial charge is 0.250 e. The molecule has 3 saturated heterocycles. The Morgan fingerprint density at radius 1 is 1.07 bits per heavy atom. The first-order valence-corrected chi connectivity index (χ1v) is 18.7. The molecular weight excluding hydrogens is 628 g/mol. The third-order valence-electron chi connectivity index (χ3n) is 8.89. The largest absolute Gasteiger partial charge is 0.768 e. The molecule has 1 aromatic heterocycles. The predicted molar refractivity (Wildman–Crippen MR) is 164 cm³/mol. The molecule has 4 heterocycles. The number of piperazine rings is 3. The quantitative estimate of drug-likeness (QED) is 0.151. The fraction of sp³-hybridized carbons (Fsp3) is 0.483. The first kappa shape index (κ1) is 32.8. The zero-order chi connectivity index (χ0) is 31.6. The number of fused-ring (bicyclic) bond motifs is 4. The zero-order valence-corrected chi connectivity index (χ0v) is 27.2. The molecule has 3 aromatic rings. The molecule has 1 atom stereocenters. The van der Waals surface area contributed by atoms with Crippen LogP contribution in [0.2, 0.25) is 0 Å². The Balaban J connectivity index is 1.16. The van der Waals surface area contributed by atoms with Gasteiger partial charge >= 0.3 is 0 Å². The van der Waals surface area contributed by atoms with Gasteiger partial charge in [0.25, 0.3) is 10.0 Å². The molecule has 238 valence electrons. The van der Waals surface area contributed by atoms with Gasteiger partial charge in [0, 0.05) is 29.0 Å². The maximum absolute atomic E-state index is 13.8. The molecule has 0 saturated carbocycles. The topological polar surface area (TPSA) is 155 Å². The highest BCUT2D eigenvalue weighted by Gasteiger charge is 2.48. The number of benzene rings is 2. The minimum absolute atomic E-state index is 0.0130. The molecule has 3 aliphatic heterocycles. The van der Waals surface area contributed by atoms with Crippen LogP contribution in [0.3, 0.4) is 0 Å². The van der Waals surface area contributed by atoms with Gasteiger partial charge in [0.2, 0.25) is 0 Å². The van der Waals surface area contributed by atoms with E-state index in [4.69, 9.17) is 20.3 Å². The number of ether oxygens (including phenoxy) is 1. The SMILES string of the molecule is Cc1c(S(=O)(=O)NCP(=O)([O-])Oc2ccc(C#N)c(F)c2)sc2ccc(OCCC[N+]34CC[N+](CCCN)(CC3)CC4)cc12. The predicted octanol–water partition coefficient (Wildman–Crippen LogP) is 2.87. The number of hydrogen-bond acceptors (Lipinski definition) is 9. The summed E-state index contributed by atoms with van der Waals surface area (Å²) in [5.74, 6) is -0.658. The summed E-state index contributed by atoms with van der Waals surface area (Å²) in [5.41, 5.74) is 5.96. The third kappa shape index (κ3) is 7.27. The average molecular weight is 667 g/mol. The summed E-state index contributed by atoms with van der Waals surface area (Å²) in [6.45, 7) is 12.6. The summed E-state index contributed by atoms with van der Waals surface area (Å²) < 4.78 is 68.5. The van der Waals surface area contributed by atoms with Gasteiger partial charge in [-0.25, -0.2) is 17.5 Å². The maximum atomic E-state index is 13.8. The molecule has 1 unspecified atom stereocenters. The maximum Gasteiger partial charge on any atom is 0.250 e. The highest BCUT2D eigenvalue weighted by atomic mass is 32.2. The Morgan fingerprint density at radius 2 is 1.70 bits per heavy atom. The summed E-state index contributed by atoms with van der Waals surface area (Å²) in [5, 5.41) is 9.53. The number of halogens is 1. The van der Waals surface area contributed by atoms with Gasteiger partial charge in [0.15, 0.2) is 7.60 Å². The molecule has 2 aromatic carbocycles. The number of nitriles is 1. The molecule has 11 nitrogen and oxygen atoms in total. The van der Waals surface area contributed by atoms with Crippen molar-refractivity contribution >= 4 is 39.0 Å². The number of sulfonamides is 1. The van der Waals surface area contributed by atoms with Crippen molar-refractivity contribution in [2.45, 2.75) is 24.0 Å². The number of aryl methyl sites for hydroxylation is 1. The van der Waals surface area contributed by atoms with Crippen LogP contribution in [0.15, 0.2) is 40.6 Å². The highest BCUT2D eigenvalue weighted by molar-refractivity contribution is 7.92. The first-order chi connectivity index (χ1) is 20.9. The minimum atomic E-state index is -4.78. The lowest BCUT2D eigenvalue weighted by Crippen LogP contribution is -2.75. The van der Waals surface area contributed by atoms with Crippen LogP contribution in [0.25, 0.3) is 10.1 Å². The third-order valence-corrected chi connectivity index (χ3v) is 13.4. The van der Waals surface area contributed by atoms with Crippen LogP contribution in [0, 0.1) is 24.1 Å². The lowest BCUT2D eigenvalue weighted by Gasteiger charge is -2.55. The van der Waals surface area contributed by atoms with Crippen LogP contribution in [-0.4, -0.2) is 89.2 Å². The van der Waals surface area contributed by atoms with E-state index in [1.54, 1.807) is 19.1 Å². The van der Waals surface area contributed by atoms with Crippen molar-refractivity contribution in [1.82, 2.24) is 4.72 Å². The molecule has 0 aliphatic carbocycles. The fourth-order valence-electron chi connectivity index (χ4n) is 6.22. The minimum Gasteiger partial charge on any atom is -0.768 e. The molecule has 3 aliphatic rings. The van der Waals surface area contributed by atoms with Crippen molar-refractivity contribution in [3.05, 3.63) is 53.3 Å². The van der Waals surface area contributed by atoms with Crippen LogP contribution in [0.5, 0.6) is 11.5 Å². The molecule has 44 heavy (non-hydrogen) atoms. The van der Waals surface area contributed by atoms with Gasteiger partial charge in [0.1, 0.15) is 66.9 Å². The van der Waals surface area contributed by atoms with Gasteiger partial charge in [-0.1, -0.05) is 0 Å². The molecule has 0 amide bonds. The van der Waals surface area contributed by atoms with Crippen molar-refractivity contribution in [2.24, 2.45) is 5.73 Å². The monoisotopic (exact) mass is 666 g/mol. The van der Waals surface area contributed by atoms with Crippen LogP contribution >= 0.6 is 18.9 Å². The van der Waals surface area contributed by atoms with Crippen molar-refractivity contribution in [3.8, 4) is 17.6 Å². The molecule has 3 fully saturated rings. The normalized spacial score (nSPS) is 22.9. The number of hydrogen-bond donors (Lipinski definition) is 2. The Morgan fingerprint density at radius 3 is 2.32 bits per heavy atom. The lowest BCUT2D eigenvalue weighted by atomic mass is 10.1. The number of nitrogens with one attached hydrogen (secondary N) is 1. The van der Waals surface area contributed by atoms with Crippen molar-refractivity contribution in [1.29, 1.82) is 5.26 Å². The molecule has 2 bridgehead atoms. The number of rotatable bonds is 14. The van der Waals surface area contributed by atoms with E-state index >= 15 is 0 Å². The Hall–Kier alpha value is -2.60. The first-order valence-electron chi connectivity index (χ1n) is 14.6. The highest BCUT2D eigenvalue weighted by Crippen LogP contribution is 2.40. The molecular formula is C29H38FN5O6PS2+. The number of nitrogens with zero attached hydrogens (tertiary/aromatic N) is 3. The molecule has 6 rings (SSSR count). The van der Waals surface area contributed by atoms with Gasteiger partial charge in [-0.05, 0) is 49.4 Å². The average Bonchev–Trinajstić information content (AvgIpc) is 3.35. The van der Waals surface area contributed by atoms with Gasteiger partial charge in [-0.3, -0.25) is 4.57 Å². The van der Waals surface area contributed by atoms with Crippen molar-refractivity contribution < 1.29 is 40.5 Å². The second-order valence-corrected chi connectivity index (χ2v) is 16.5. The van der Waals surface area contributed by atoms with Crippen molar-refractivity contribution in [3.63, 3.8) is 0 Å². The van der Waals surface area contributed by atoms with E-state index in [0.717, 1.165) is 64.6 Å². The summed E-state index contributed by atoms with van der Waals surface area (Å²) >= 11 is 1.03. The molecule has 3 N–H and O–H groups in total. The van der Waals surface area contributed by atoms with Crippen molar-refractivity contribution in [2.75, 3.05) is 71.8 Å². The van der Waals surface area contributed by atoms with E-state index in [9.17, 15) is 22.3 Å². The van der Waals surface area contributed by atoms with E-state index in [2.05, 4.69) is 4.72 Å². The number of quaternary nitrogens is 2. The Bertz CT molecular complexity index is 1700. The van der Waals surface area contributed by atoms with E-state index < -0.39 is 29.7 Å². The number of thiophene rings is 1. The van der Waals surface area contributed by atoms with E-state index in [0.29, 0.717) is 23.3 Å². The van der Waals surface area contributed by atoms with Gasteiger partial charge < -0.3 is 28.9 Å². The molecule has 0 spiro atoms. The summed E-state index contributed by atoms with van der Waals surface area (Å²) in [4.78, 5) is 12.4. The van der Waals surface area contributed by atoms with E-state index in [1.165, 1.54) is 50.3 Å². The zero-order valence-electron chi connectivity index (χ0n) is 24.7. The molecule has 0 radical (unpaired) electrons. The van der Waals surface area contributed by atoms with Crippen LogP contribution in [-0.2, 0) is 14.6 Å². The number of nitrogens with two attached hydrogens (primary N) is 1. The van der Waals surface area contributed by atoms with E-state index in [1.807, 2.05) is 12.1 Å².